The molecule has 3 N–H and O–H groups in total. The Morgan fingerprint density at radius 2 is 2.10 bits per heavy atom. The molecular weight excluding hydrogens is 260 g/mol. The highest BCUT2D eigenvalue weighted by Crippen LogP contribution is 2.31. The zero-order chi connectivity index (χ0) is 15.0. The van der Waals surface area contributed by atoms with Crippen LogP contribution in [0, 0.1) is 11.8 Å². The highest BCUT2D eigenvalue weighted by molar-refractivity contribution is 5.74. The van der Waals surface area contributed by atoms with Crippen LogP contribution in [0.25, 0.3) is 0 Å². The average Bonchev–Trinajstić information content (AvgIpc) is 2.84. The maximum atomic E-state index is 11.5. The number of amides is 2. The van der Waals surface area contributed by atoms with Gasteiger partial charge in [-0.05, 0) is 25.7 Å². The standard InChI is InChI=1S/C14H24N2O4/c1-10(2)9-20-7-6-15-14(19)16-8-11-4-3-5-12(11)13(17)18/h11-12H,1,3-9H2,2H3,(H,17,18)(H2,15,16,19). The van der Waals surface area contributed by atoms with Gasteiger partial charge in [-0.1, -0.05) is 18.6 Å². The summed E-state index contributed by atoms with van der Waals surface area (Å²) < 4.78 is 5.25. The first-order chi connectivity index (χ1) is 9.50. The molecule has 1 rings (SSSR count). The Morgan fingerprint density at radius 3 is 2.75 bits per heavy atom. The molecule has 0 aliphatic heterocycles. The first-order valence-electron chi connectivity index (χ1n) is 6.97. The van der Waals surface area contributed by atoms with Crippen LogP contribution in [-0.4, -0.2) is 43.4 Å². The Hall–Kier alpha value is -1.56. The molecule has 0 radical (unpaired) electrons. The van der Waals surface area contributed by atoms with Crippen molar-refractivity contribution < 1.29 is 19.4 Å². The number of hydrogen-bond acceptors (Lipinski definition) is 3. The van der Waals surface area contributed by atoms with Crippen LogP contribution in [0.15, 0.2) is 12.2 Å². The fraction of sp³-hybridized carbons (Fsp3) is 0.714. The van der Waals surface area contributed by atoms with Gasteiger partial charge in [-0.2, -0.15) is 0 Å². The lowest BCUT2D eigenvalue weighted by Crippen LogP contribution is -2.40. The van der Waals surface area contributed by atoms with Gasteiger partial charge in [-0.25, -0.2) is 4.79 Å². The molecule has 20 heavy (non-hydrogen) atoms. The van der Waals surface area contributed by atoms with Gasteiger partial charge in [0.15, 0.2) is 0 Å². The van der Waals surface area contributed by atoms with Crippen molar-refractivity contribution in [2.75, 3.05) is 26.3 Å². The van der Waals surface area contributed by atoms with E-state index in [2.05, 4.69) is 17.2 Å². The second-order valence-electron chi connectivity index (χ2n) is 5.28. The number of nitrogens with one attached hydrogen (secondary N) is 2. The first kappa shape index (κ1) is 16.5. The van der Waals surface area contributed by atoms with Crippen LogP contribution < -0.4 is 10.6 Å². The van der Waals surface area contributed by atoms with Crippen LogP contribution >= 0.6 is 0 Å². The van der Waals surface area contributed by atoms with E-state index in [1.165, 1.54) is 0 Å². The number of rotatable bonds is 8. The average molecular weight is 284 g/mol. The van der Waals surface area contributed by atoms with Gasteiger partial charge in [-0.3, -0.25) is 4.79 Å². The molecule has 1 saturated carbocycles. The van der Waals surface area contributed by atoms with Crippen LogP contribution in [0.2, 0.25) is 0 Å². The van der Waals surface area contributed by atoms with Gasteiger partial charge in [-0.15, -0.1) is 0 Å². The topological polar surface area (TPSA) is 87.7 Å². The van der Waals surface area contributed by atoms with Gasteiger partial charge in [0, 0.05) is 13.1 Å². The normalized spacial score (nSPS) is 21.4. The molecular formula is C14H24N2O4. The molecule has 2 unspecified atom stereocenters. The van der Waals surface area contributed by atoms with Crippen molar-refractivity contribution in [3.05, 3.63) is 12.2 Å². The summed E-state index contributed by atoms with van der Waals surface area (Å²) in [6, 6.07) is -0.278. The summed E-state index contributed by atoms with van der Waals surface area (Å²) in [5, 5.41) is 14.4. The predicted octanol–water partition coefficient (Wildman–Crippen LogP) is 1.38. The van der Waals surface area contributed by atoms with E-state index < -0.39 is 5.97 Å². The van der Waals surface area contributed by atoms with E-state index in [0.29, 0.717) is 32.7 Å². The highest BCUT2D eigenvalue weighted by Gasteiger charge is 2.32. The van der Waals surface area contributed by atoms with Crippen molar-refractivity contribution in [1.29, 1.82) is 0 Å². The first-order valence-corrected chi connectivity index (χ1v) is 6.97. The minimum Gasteiger partial charge on any atom is -0.481 e. The molecule has 0 bridgehead atoms. The minimum absolute atomic E-state index is 0.0397. The maximum absolute atomic E-state index is 11.5. The van der Waals surface area contributed by atoms with E-state index in [-0.39, 0.29) is 17.9 Å². The zero-order valence-corrected chi connectivity index (χ0v) is 12.0. The molecule has 0 aromatic heterocycles. The lowest BCUT2D eigenvalue weighted by Gasteiger charge is -2.16. The number of urea groups is 1. The number of carboxylic acids is 1. The van der Waals surface area contributed by atoms with Gasteiger partial charge < -0.3 is 20.5 Å². The van der Waals surface area contributed by atoms with E-state index in [1.54, 1.807) is 0 Å². The Morgan fingerprint density at radius 1 is 1.35 bits per heavy atom. The van der Waals surface area contributed by atoms with Crippen molar-refractivity contribution in [3.63, 3.8) is 0 Å². The van der Waals surface area contributed by atoms with Crippen LogP contribution in [0.1, 0.15) is 26.2 Å². The molecule has 1 aliphatic carbocycles. The number of ether oxygens (including phenoxy) is 1. The van der Waals surface area contributed by atoms with Crippen LogP contribution in [0.5, 0.6) is 0 Å². The van der Waals surface area contributed by atoms with Crippen LogP contribution in [-0.2, 0) is 9.53 Å². The number of hydrogen-bond donors (Lipinski definition) is 3. The monoisotopic (exact) mass is 284 g/mol. The third kappa shape index (κ3) is 6.06. The summed E-state index contributed by atoms with van der Waals surface area (Å²) in [4.78, 5) is 22.5. The second-order valence-corrected chi connectivity index (χ2v) is 5.28. The summed E-state index contributed by atoms with van der Waals surface area (Å²) in [5.41, 5.74) is 0.940. The Bertz CT molecular complexity index is 357. The van der Waals surface area contributed by atoms with Gasteiger partial charge in [0.05, 0.1) is 19.1 Å². The van der Waals surface area contributed by atoms with Crippen molar-refractivity contribution in [1.82, 2.24) is 10.6 Å². The summed E-state index contributed by atoms with van der Waals surface area (Å²) in [7, 11) is 0. The van der Waals surface area contributed by atoms with Crippen molar-refractivity contribution in [3.8, 4) is 0 Å². The molecule has 0 aromatic carbocycles. The van der Waals surface area contributed by atoms with Gasteiger partial charge in [0.1, 0.15) is 0 Å². The Kier molecular flexibility index (Phi) is 7.08. The third-order valence-electron chi connectivity index (χ3n) is 3.38. The Balaban J connectivity index is 2.10. The summed E-state index contributed by atoms with van der Waals surface area (Å²) in [6.07, 6.45) is 2.48. The Labute approximate surface area is 119 Å². The molecule has 114 valence electrons. The zero-order valence-electron chi connectivity index (χ0n) is 12.0. The molecule has 1 aliphatic rings. The number of carbonyl (C=O) groups is 2. The van der Waals surface area contributed by atoms with Gasteiger partial charge in [0.25, 0.3) is 0 Å². The van der Waals surface area contributed by atoms with E-state index in [9.17, 15) is 9.59 Å². The van der Waals surface area contributed by atoms with Crippen LogP contribution in [0.3, 0.4) is 0 Å². The molecule has 2 atom stereocenters. The summed E-state index contributed by atoms with van der Waals surface area (Å²) >= 11 is 0. The fourth-order valence-electron chi connectivity index (χ4n) is 2.38. The van der Waals surface area contributed by atoms with E-state index in [1.807, 2.05) is 6.92 Å². The SMILES string of the molecule is C=C(C)COCCNC(=O)NCC1CCCC1C(=O)O. The van der Waals surface area contributed by atoms with Crippen molar-refractivity contribution >= 4 is 12.0 Å². The minimum atomic E-state index is -0.761. The predicted molar refractivity (Wildman–Crippen MR) is 75.5 cm³/mol. The summed E-state index contributed by atoms with van der Waals surface area (Å²) in [6.45, 7) is 7.34. The number of carboxylic acid groups (broad SMARTS) is 1. The maximum Gasteiger partial charge on any atom is 0.314 e. The van der Waals surface area contributed by atoms with Crippen LogP contribution in [0.4, 0.5) is 4.79 Å². The molecule has 0 heterocycles. The van der Waals surface area contributed by atoms with Crippen molar-refractivity contribution in [2.45, 2.75) is 26.2 Å². The summed E-state index contributed by atoms with van der Waals surface area (Å²) in [5.74, 6) is -1.05. The smallest absolute Gasteiger partial charge is 0.314 e. The molecule has 0 spiro atoms. The van der Waals surface area contributed by atoms with E-state index >= 15 is 0 Å². The molecule has 6 heteroatoms. The molecule has 0 saturated heterocycles. The molecule has 6 nitrogen and oxygen atoms in total. The van der Waals surface area contributed by atoms with Gasteiger partial charge in [0.2, 0.25) is 0 Å². The number of aliphatic carboxylic acids is 1. The molecule has 2 amide bonds. The van der Waals surface area contributed by atoms with E-state index in [4.69, 9.17) is 9.84 Å². The lowest BCUT2D eigenvalue weighted by atomic mass is 9.96. The number of carbonyl (C=O) groups excluding carboxylic acids is 1. The fourth-order valence-corrected chi connectivity index (χ4v) is 2.38. The largest absolute Gasteiger partial charge is 0.481 e. The van der Waals surface area contributed by atoms with Gasteiger partial charge >= 0.3 is 12.0 Å². The van der Waals surface area contributed by atoms with Crippen molar-refractivity contribution in [2.24, 2.45) is 11.8 Å². The quantitative estimate of drug-likeness (QED) is 0.464. The second kappa shape index (κ2) is 8.58. The molecule has 0 aromatic rings. The third-order valence-corrected chi connectivity index (χ3v) is 3.38. The highest BCUT2D eigenvalue weighted by atomic mass is 16.5. The molecule has 1 fully saturated rings. The van der Waals surface area contributed by atoms with E-state index in [0.717, 1.165) is 18.4 Å². The lowest BCUT2D eigenvalue weighted by molar-refractivity contribution is -0.142.